The van der Waals surface area contributed by atoms with E-state index in [0.29, 0.717) is 21.7 Å². The summed E-state index contributed by atoms with van der Waals surface area (Å²) in [5, 5.41) is 7.50. The number of carbonyl (C=O) groups is 1. The van der Waals surface area contributed by atoms with Gasteiger partial charge in [0.25, 0.3) is 5.91 Å². The van der Waals surface area contributed by atoms with Gasteiger partial charge in [-0.15, -0.1) is 0 Å². The van der Waals surface area contributed by atoms with E-state index in [1.54, 1.807) is 30.3 Å². The number of carbonyl (C=O) groups excluding carboxylic acids is 1. The Bertz CT molecular complexity index is 1130. The average Bonchev–Trinajstić information content (AvgIpc) is 3.25. The highest BCUT2D eigenvalue weighted by atomic mass is 19.4. The number of methoxy groups -OCH3 is 3. The molecule has 2 aromatic carbocycles. The van der Waals surface area contributed by atoms with E-state index in [1.165, 1.54) is 39.7 Å². The smallest absolute Gasteiger partial charge is 0.434 e. The average molecular weight is 448 g/mol. The lowest BCUT2D eigenvalue weighted by Gasteiger charge is -2.13. The van der Waals surface area contributed by atoms with Gasteiger partial charge in [0, 0.05) is 5.56 Å². The number of halogens is 3. The summed E-state index contributed by atoms with van der Waals surface area (Å²) in [5.74, 6) is -0.0876. The standard InChI is InChI=1S/C21H19F3N4O4/c1-30-16-10-9-13(17(31-2)18(16)32-3)11-25-27-20(29)15-12-26-28(19(15)21(22,23)24)14-7-5-4-6-8-14/h4-12H,1-3H3,(H,27,29)/b25-11-. The zero-order valence-corrected chi connectivity index (χ0v) is 17.3. The number of alkyl halides is 3. The van der Waals surface area contributed by atoms with E-state index >= 15 is 0 Å². The second-order valence-electron chi connectivity index (χ2n) is 6.27. The largest absolute Gasteiger partial charge is 0.493 e. The fraction of sp³-hybridized carbons (Fsp3) is 0.190. The van der Waals surface area contributed by atoms with Crippen LogP contribution in [-0.4, -0.2) is 43.2 Å². The van der Waals surface area contributed by atoms with E-state index in [0.717, 1.165) is 6.20 Å². The van der Waals surface area contributed by atoms with E-state index < -0.39 is 23.3 Å². The molecule has 0 aliphatic heterocycles. The summed E-state index contributed by atoms with van der Waals surface area (Å²) in [7, 11) is 4.28. The minimum atomic E-state index is -4.82. The molecule has 0 atom stereocenters. The third-order valence-electron chi connectivity index (χ3n) is 4.39. The highest BCUT2D eigenvalue weighted by molar-refractivity contribution is 5.96. The van der Waals surface area contributed by atoms with Gasteiger partial charge in [-0.25, -0.2) is 10.1 Å². The Kier molecular flexibility index (Phi) is 6.67. The molecule has 11 heteroatoms. The van der Waals surface area contributed by atoms with Crippen LogP contribution >= 0.6 is 0 Å². The van der Waals surface area contributed by atoms with Crippen molar-refractivity contribution in [3.63, 3.8) is 0 Å². The number of nitrogens with one attached hydrogen (secondary N) is 1. The number of benzene rings is 2. The molecule has 0 unspecified atom stereocenters. The molecule has 1 heterocycles. The molecule has 1 N–H and O–H groups in total. The number of nitrogens with zero attached hydrogens (tertiary/aromatic N) is 3. The summed E-state index contributed by atoms with van der Waals surface area (Å²) in [6, 6.07) is 10.9. The maximum Gasteiger partial charge on any atom is 0.434 e. The first-order valence-corrected chi connectivity index (χ1v) is 9.14. The molecular formula is C21H19F3N4O4. The van der Waals surface area contributed by atoms with Gasteiger partial charge in [0.05, 0.1) is 45.0 Å². The van der Waals surface area contributed by atoms with Crippen molar-refractivity contribution in [3.8, 4) is 22.9 Å². The van der Waals surface area contributed by atoms with Crippen LogP contribution in [0, 0.1) is 0 Å². The molecule has 0 aliphatic rings. The molecule has 0 bridgehead atoms. The Morgan fingerprint density at radius 1 is 1.03 bits per heavy atom. The number of hydrogen-bond donors (Lipinski definition) is 1. The second-order valence-corrected chi connectivity index (χ2v) is 6.27. The summed E-state index contributed by atoms with van der Waals surface area (Å²) >= 11 is 0. The number of amides is 1. The van der Waals surface area contributed by atoms with Crippen molar-refractivity contribution in [3.05, 3.63) is 65.5 Å². The molecule has 0 fully saturated rings. The van der Waals surface area contributed by atoms with Gasteiger partial charge in [-0.2, -0.15) is 23.4 Å². The minimum Gasteiger partial charge on any atom is -0.493 e. The van der Waals surface area contributed by atoms with Gasteiger partial charge >= 0.3 is 6.18 Å². The summed E-state index contributed by atoms with van der Waals surface area (Å²) < 4.78 is 57.5. The Labute approximate surface area is 181 Å². The third-order valence-corrected chi connectivity index (χ3v) is 4.39. The number of rotatable bonds is 7. The van der Waals surface area contributed by atoms with Crippen LogP contribution in [0.4, 0.5) is 13.2 Å². The van der Waals surface area contributed by atoms with E-state index in [9.17, 15) is 18.0 Å². The van der Waals surface area contributed by atoms with Gasteiger partial charge < -0.3 is 14.2 Å². The first-order chi connectivity index (χ1) is 15.3. The highest BCUT2D eigenvalue weighted by Crippen LogP contribution is 2.39. The first-order valence-electron chi connectivity index (χ1n) is 9.14. The van der Waals surface area contributed by atoms with E-state index in [2.05, 4.69) is 15.6 Å². The molecule has 8 nitrogen and oxygen atoms in total. The van der Waals surface area contributed by atoms with Crippen LogP contribution in [0.15, 0.2) is 53.8 Å². The van der Waals surface area contributed by atoms with Gasteiger partial charge in [-0.1, -0.05) is 18.2 Å². The summed E-state index contributed by atoms with van der Waals surface area (Å²) in [6.45, 7) is 0. The number of aromatic nitrogens is 2. The monoisotopic (exact) mass is 448 g/mol. The van der Waals surface area contributed by atoms with Crippen LogP contribution < -0.4 is 19.6 Å². The van der Waals surface area contributed by atoms with Gasteiger partial charge in [-0.05, 0) is 24.3 Å². The SMILES string of the molecule is COc1ccc(/C=N\NC(=O)c2cnn(-c3ccccc3)c2C(F)(F)F)c(OC)c1OC. The predicted molar refractivity (Wildman–Crippen MR) is 110 cm³/mol. The van der Waals surface area contributed by atoms with E-state index in [4.69, 9.17) is 14.2 Å². The molecule has 1 aromatic heterocycles. The van der Waals surface area contributed by atoms with Gasteiger partial charge in [-0.3, -0.25) is 4.79 Å². The molecule has 168 valence electrons. The van der Waals surface area contributed by atoms with Crippen LogP contribution in [0.2, 0.25) is 0 Å². The normalized spacial score (nSPS) is 11.4. The van der Waals surface area contributed by atoms with Crippen LogP contribution in [0.25, 0.3) is 5.69 Å². The maximum absolute atomic E-state index is 13.7. The van der Waals surface area contributed by atoms with Crippen molar-refractivity contribution < 1.29 is 32.2 Å². The fourth-order valence-corrected chi connectivity index (χ4v) is 3.00. The predicted octanol–water partition coefficient (Wildman–Crippen LogP) is 3.68. The quantitative estimate of drug-likeness (QED) is 0.440. The van der Waals surface area contributed by atoms with Crippen molar-refractivity contribution >= 4 is 12.1 Å². The lowest BCUT2D eigenvalue weighted by molar-refractivity contribution is -0.143. The highest BCUT2D eigenvalue weighted by Gasteiger charge is 2.40. The number of hydrazone groups is 1. The molecule has 0 saturated carbocycles. The van der Waals surface area contributed by atoms with Gasteiger partial charge in [0.15, 0.2) is 17.2 Å². The lowest BCUT2D eigenvalue weighted by atomic mass is 10.2. The zero-order valence-electron chi connectivity index (χ0n) is 17.3. The topological polar surface area (TPSA) is 87.0 Å². The first kappa shape index (κ1) is 22.7. The van der Waals surface area contributed by atoms with Crippen LogP contribution in [0.5, 0.6) is 17.2 Å². The summed E-state index contributed by atoms with van der Waals surface area (Å²) in [6.07, 6.45) is -2.76. The van der Waals surface area contributed by atoms with Crippen LogP contribution in [-0.2, 0) is 6.18 Å². The molecule has 0 aliphatic carbocycles. The van der Waals surface area contributed by atoms with Crippen LogP contribution in [0.1, 0.15) is 21.6 Å². The fourth-order valence-electron chi connectivity index (χ4n) is 3.00. The van der Waals surface area contributed by atoms with Crippen molar-refractivity contribution in [1.82, 2.24) is 15.2 Å². The minimum absolute atomic E-state index is 0.164. The molecule has 32 heavy (non-hydrogen) atoms. The maximum atomic E-state index is 13.7. The molecule has 0 radical (unpaired) electrons. The Morgan fingerprint density at radius 2 is 1.72 bits per heavy atom. The van der Waals surface area contributed by atoms with Crippen molar-refractivity contribution in [2.75, 3.05) is 21.3 Å². The molecular weight excluding hydrogens is 429 g/mol. The molecule has 0 saturated heterocycles. The Morgan fingerprint density at radius 3 is 2.31 bits per heavy atom. The second kappa shape index (κ2) is 9.41. The Hall–Kier alpha value is -4.02. The molecule has 1 amide bonds. The van der Waals surface area contributed by atoms with Gasteiger partial charge in [0.1, 0.15) is 0 Å². The van der Waals surface area contributed by atoms with Crippen molar-refractivity contribution in [1.29, 1.82) is 0 Å². The Balaban J connectivity index is 1.89. The zero-order chi connectivity index (χ0) is 23.3. The molecule has 3 aromatic rings. The van der Waals surface area contributed by atoms with Crippen molar-refractivity contribution in [2.24, 2.45) is 5.10 Å². The van der Waals surface area contributed by atoms with Gasteiger partial charge in [0.2, 0.25) is 5.75 Å². The number of ether oxygens (including phenoxy) is 3. The van der Waals surface area contributed by atoms with Crippen molar-refractivity contribution in [2.45, 2.75) is 6.18 Å². The summed E-state index contributed by atoms with van der Waals surface area (Å²) in [4.78, 5) is 12.5. The van der Waals surface area contributed by atoms with E-state index in [-0.39, 0.29) is 11.4 Å². The molecule has 0 spiro atoms. The number of para-hydroxylation sites is 1. The summed E-state index contributed by atoms with van der Waals surface area (Å²) in [5.41, 5.74) is 0.783. The number of hydrogen-bond acceptors (Lipinski definition) is 6. The van der Waals surface area contributed by atoms with Crippen LogP contribution in [0.3, 0.4) is 0 Å². The van der Waals surface area contributed by atoms with E-state index in [1.807, 2.05) is 0 Å². The lowest BCUT2D eigenvalue weighted by Crippen LogP contribution is -2.23. The third kappa shape index (κ3) is 4.51. The molecule has 3 rings (SSSR count).